The molecule has 27 heavy (non-hydrogen) atoms. The van der Waals surface area contributed by atoms with Crippen molar-refractivity contribution in [1.82, 2.24) is 9.80 Å². The molecule has 5 nitrogen and oxygen atoms in total. The monoisotopic (exact) mass is 436 g/mol. The lowest BCUT2D eigenvalue weighted by Gasteiger charge is -2.49. The van der Waals surface area contributed by atoms with E-state index >= 15 is 0 Å². The van der Waals surface area contributed by atoms with Gasteiger partial charge in [-0.05, 0) is 56.6 Å². The Labute approximate surface area is 170 Å². The first-order chi connectivity index (χ1) is 13.1. The lowest BCUT2D eigenvalue weighted by atomic mass is 9.83. The van der Waals surface area contributed by atoms with Crippen LogP contribution in [0.25, 0.3) is 0 Å². The van der Waals surface area contributed by atoms with Crippen molar-refractivity contribution < 1.29 is 14.3 Å². The Kier molecular flexibility index (Phi) is 5.88. The molecule has 2 heterocycles. The van der Waals surface area contributed by atoms with E-state index in [1.54, 1.807) is 0 Å². The number of hydrogen-bond acceptors (Lipinski definition) is 4. The molecule has 0 bridgehead atoms. The van der Waals surface area contributed by atoms with Gasteiger partial charge < -0.3 is 14.4 Å². The highest BCUT2D eigenvalue weighted by Gasteiger charge is 2.48. The molecule has 1 amide bonds. The van der Waals surface area contributed by atoms with E-state index < -0.39 is 5.79 Å². The summed E-state index contributed by atoms with van der Waals surface area (Å²) >= 11 is 3.45. The lowest BCUT2D eigenvalue weighted by molar-refractivity contribution is -0.196. The van der Waals surface area contributed by atoms with Crippen LogP contribution in [0, 0.1) is 0 Å². The van der Waals surface area contributed by atoms with Gasteiger partial charge in [0.05, 0.1) is 19.3 Å². The number of nitrogens with zero attached hydrogens (tertiary/aromatic N) is 2. The Bertz CT molecular complexity index is 654. The van der Waals surface area contributed by atoms with Crippen LogP contribution in [0.15, 0.2) is 28.7 Å². The minimum absolute atomic E-state index is 0.0737. The van der Waals surface area contributed by atoms with Gasteiger partial charge in [0.1, 0.15) is 0 Å². The first kappa shape index (κ1) is 19.4. The molecule has 1 aromatic rings. The number of carbonyl (C=O) groups is 1. The van der Waals surface area contributed by atoms with Crippen molar-refractivity contribution in [3.05, 3.63) is 34.3 Å². The van der Waals surface area contributed by atoms with E-state index in [4.69, 9.17) is 9.47 Å². The van der Waals surface area contributed by atoms with Crippen LogP contribution in [0.3, 0.4) is 0 Å². The van der Waals surface area contributed by atoms with Crippen LogP contribution in [-0.4, -0.2) is 66.9 Å². The summed E-state index contributed by atoms with van der Waals surface area (Å²) in [7, 11) is 1.94. The van der Waals surface area contributed by atoms with Crippen LogP contribution < -0.4 is 0 Å². The third-order valence-electron chi connectivity index (χ3n) is 6.37. The molecule has 2 aliphatic heterocycles. The van der Waals surface area contributed by atoms with Crippen molar-refractivity contribution in [2.75, 3.05) is 33.4 Å². The average Bonchev–Trinajstić information content (AvgIpc) is 3.16. The number of benzene rings is 1. The number of carbonyl (C=O) groups excluding carboxylic acids is 1. The van der Waals surface area contributed by atoms with Crippen LogP contribution in [-0.2, 0) is 9.47 Å². The van der Waals surface area contributed by atoms with Crippen LogP contribution in [0.2, 0.25) is 0 Å². The molecular formula is C21H29BrN2O3. The summed E-state index contributed by atoms with van der Waals surface area (Å²) in [5, 5.41) is 0. The second-order valence-corrected chi connectivity index (χ2v) is 8.92. The van der Waals surface area contributed by atoms with Gasteiger partial charge in [-0.2, -0.15) is 0 Å². The number of ether oxygens (including phenoxy) is 2. The predicted octanol–water partition coefficient (Wildman–Crippen LogP) is 3.67. The van der Waals surface area contributed by atoms with Gasteiger partial charge in [0.2, 0.25) is 0 Å². The van der Waals surface area contributed by atoms with Gasteiger partial charge in [0.25, 0.3) is 5.91 Å². The molecule has 0 aromatic heterocycles. The van der Waals surface area contributed by atoms with E-state index in [9.17, 15) is 4.79 Å². The zero-order chi connectivity index (χ0) is 18.9. The standard InChI is InChI=1S/C21H29BrN2O3/c1-23(20(25)16-5-7-17(22)8-6-16)19-15-21(26-13-14-27-21)10-9-18(19)24-11-3-2-4-12-24/h5-8,18-19H,2-4,9-15H2,1H3. The number of halogens is 1. The molecule has 1 saturated carbocycles. The zero-order valence-electron chi connectivity index (χ0n) is 16.0. The lowest BCUT2D eigenvalue weighted by Crippen LogP contribution is -2.59. The smallest absolute Gasteiger partial charge is 0.253 e. The van der Waals surface area contributed by atoms with Crippen molar-refractivity contribution in [1.29, 1.82) is 0 Å². The summed E-state index contributed by atoms with van der Waals surface area (Å²) in [5.74, 6) is -0.421. The molecule has 0 radical (unpaired) electrons. The maximum Gasteiger partial charge on any atom is 0.253 e. The third kappa shape index (κ3) is 4.09. The number of amides is 1. The summed E-state index contributed by atoms with van der Waals surface area (Å²) in [5.41, 5.74) is 0.728. The summed E-state index contributed by atoms with van der Waals surface area (Å²) < 4.78 is 13.0. The first-order valence-electron chi connectivity index (χ1n) is 10.1. The van der Waals surface area contributed by atoms with E-state index in [-0.39, 0.29) is 11.9 Å². The quantitative estimate of drug-likeness (QED) is 0.724. The Balaban J connectivity index is 1.56. The summed E-state index contributed by atoms with van der Waals surface area (Å²) in [6.07, 6.45) is 6.52. The largest absolute Gasteiger partial charge is 0.347 e. The Morgan fingerprint density at radius 2 is 1.81 bits per heavy atom. The van der Waals surface area contributed by atoms with Crippen molar-refractivity contribution in [2.24, 2.45) is 0 Å². The fourth-order valence-corrected chi connectivity index (χ4v) is 5.16. The van der Waals surface area contributed by atoms with Crippen molar-refractivity contribution in [3.8, 4) is 0 Å². The van der Waals surface area contributed by atoms with E-state index in [1.807, 2.05) is 36.2 Å². The zero-order valence-corrected chi connectivity index (χ0v) is 17.6. The molecule has 6 heteroatoms. The number of piperidine rings is 1. The van der Waals surface area contributed by atoms with E-state index in [0.29, 0.717) is 19.3 Å². The van der Waals surface area contributed by atoms with Crippen molar-refractivity contribution >= 4 is 21.8 Å². The molecule has 2 unspecified atom stereocenters. The molecule has 3 aliphatic rings. The van der Waals surface area contributed by atoms with Gasteiger partial charge in [0, 0.05) is 36.0 Å². The number of rotatable bonds is 3. The first-order valence-corrected chi connectivity index (χ1v) is 10.9. The minimum Gasteiger partial charge on any atom is -0.347 e. The highest BCUT2D eigenvalue weighted by molar-refractivity contribution is 9.10. The van der Waals surface area contributed by atoms with Gasteiger partial charge in [-0.3, -0.25) is 9.69 Å². The van der Waals surface area contributed by atoms with Gasteiger partial charge in [-0.1, -0.05) is 22.4 Å². The van der Waals surface area contributed by atoms with E-state index in [2.05, 4.69) is 20.8 Å². The topological polar surface area (TPSA) is 42.0 Å². The molecular weight excluding hydrogens is 408 g/mol. The van der Waals surface area contributed by atoms with Gasteiger partial charge in [-0.15, -0.1) is 0 Å². The maximum atomic E-state index is 13.2. The van der Waals surface area contributed by atoms with Crippen LogP contribution >= 0.6 is 15.9 Å². The second-order valence-electron chi connectivity index (χ2n) is 8.00. The Hall–Kier alpha value is -0.950. The van der Waals surface area contributed by atoms with Crippen molar-refractivity contribution in [3.63, 3.8) is 0 Å². The molecule has 2 atom stereocenters. The molecule has 3 fully saturated rings. The molecule has 1 aliphatic carbocycles. The summed E-state index contributed by atoms with van der Waals surface area (Å²) in [6, 6.07) is 8.11. The molecule has 1 aromatic carbocycles. The van der Waals surface area contributed by atoms with Crippen LogP contribution in [0.1, 0.15) is 48.9 Å². The predicted molar refractivity (Wildman–Crippen MR) is 108 cm³/mol. The highest BCUT2D eigenvalue weighted by atomic mass is 79.9. The fraction of sp³-hybridized carbons (Fsp3) is 0.667. The Morgan fingerprint density at radius 3 is 2.48 bits per heavy atom. The average molecular weight is 437 g/mol. The molecule has 4 rings (SSSR count). The highest BCUT2D eigenvalue weighted by Crippen LogP contribution is 2.40. The SMILES string of the molecule is CN(C(=O)c1ccc(Br)cc1)C1CC2(CCC1N1CCCCC1)OCCO2. The van der Waals surface area contributed by atoms with Gasteiger partial charge >= 0.3 is 0 Å². The number of likely N-dealkylation sites (tertiary alicyclic amines) is 1. The van der Waals surface area contributed by atoms with Crippen LogP contribution in [0.4, 0.5) is 0 Å². The van der Waals surface area contributed by atoms with E-state index in [0.717, 1.165) is 42.4 Å². The Morgan fingerprint density at radius 1 is 1.15 bits per heavy atom. The molecule has 1 spiro atoms. The minimum atomic E-state index is -0.495. The summed E-state index contributed by atoms with van der Waals surface area (Å²) in [4.78, 5) is 17.7. The number of hydrogen-bond donors (Lipinski definition) is 0. The third-order valence-corrected chi connectivity index (χ3v) is 6.90. The molecule has 2 saturated heterocycles. The molecule has 148 valence electrons. The normalized spacial score (nSPS) is 28.4. The van der Waals surface area contributed by atoms with Crippen molar-refractivity contribution in [2.45, 2.75) is 56.4 Å². The van der Waals surface area contributed by atoms with Gasteiger partial charge in [-0.25, -0.2) is 0 Å². The fourth-order valence-electron chi connectivity index (χ4n) is 4.89. The maximum absolute atomic E-state index is 13.2. The summed E-state index contributed by atoms with van der Waals surface area (Å²) in [6.45, 7) is 3.59. The van der Waals surface area contributed by atoms with Gasteiger partial charge in [0.15, 0.2) is 5.79 Å². The molecule has 0 N–H and O–H groups in total. The van der Waals surface area contributed by atoms with E-state index in [1.165, 1.54) is 19.3 Å². The number of likely N-dealkylation sites (N-methyl/N-ethyl adjacent to an activating group) is 1. The van der Waals surface area contributed by atoms with Crippen LogP contribution in [0.5, 0.6) is 0 Å². The second kappa shape index (κ2) is 8.19.